The van der Waals surface area contributed by atoms with Gasteiger partial charge in [0.05, 0.1) is 27.9 Å². The standard InChI is InChI=1S/C18H20BrN3O4S/c1-3-9-26-18-16(19)10-13(11-17(18)25-4-2)12-21-22-14-5-7-15(8-6-14)27(20,23)24/h3,5-8,10-12,22H,1,4,9H2,2H3,(H2,20,23,24)/b21-12+. The van der Waals surface area contributed by atoms with Gasteiger partial charge in [0.1, 0.15) is 6.61 Å². The number of benzene rings is 2. The second-order valence-electron chi connectivity index (χ2n) is 5.30. The van der Waals surface area contributed by atoms with E-state index >= 15 is 0 Å². The molecule has 0 fully saturated rings. The van der Waals surface area contributed by atoms with Crippen molar-refractivity contribution in [3.05, 3.63) is 59.1 Å². The molecule has 2 aromatic carbocycles. The van der Waals surface area contributed by atoms with Crippen molar-refractivity contribution in [1.82, 2.24) is 0 Å². The highest BCUT2D eigenvalue weighted by atomic mass is 79.9. The highest BCUT2D eigenvalue weighted by molar-refractivity contribution is 9.10. The van der Waals surface area contributed by atoms with Gasteiger partial charge in [-0.1, -0.05) is 12.7 Å². The molecule has 9 heteroatoms. The number of nitrogens with one attached hydrogen (secondary N) is 1. The minimum atomic E-state index is -3.71. The third kappa shape index (κ3) is 6.09. The fourth-order valence-electron chi connectivity index (χ4n) is 2.11. The van der Waals surface area contributed by atoms with Gasteiger partial charge in [0.15, 0.2) is 11.5 Å². The topological polar surface area (TPSA) is 103 Å². The first-order chi connectivity index (χ1) is 12.8. The molecule has 2 rings (SSSR count). The molecule has 0 amide bonds. The summed E-state index contributed by atoms with van der Waals surface area (Å²) in [4.78, 5) is 0.0393. The lowest BCUT2D eigenvalue weighted by atomic mass is 10.2. The number of sulfonamides is 1. The van der Waals surface area contributed by atoms with Gasteiger partial charge in [0.25, 0.3) is 0 Å². The van der Waals surface area contributed by atoms with Gasteiger partial charge in [0.2, 0.25) is 10.0 Å². The maximum absolute atomic E-state index is 11.2. The van der Waals surface area contributed by atoms with Gasteiger partial charge in [-0.3, -0.25) is 5.43 Å². The van der Waals surface area contributed by atoms with E-state index in [4.69, 9.17) is 14.6 Å². The minimum absolute atomic E-state index is 0.0393. The molecule has 0 spiro atoms. The van der Waals surface area contributed by atoms with Crippen molar-refractivity contribution >= 4 is 37.9 Å². The summed E-state index contributed by atoms with van der Waals surface area (Å²) in [5.74, 6) is 1.19. The monoisotopic (exact) mass is 453 g/mol. The first kappa shape index (κ1) is 20.9. The lowest BCUT2D eigenvalue weighted by Gasteiger charge is -2.13. The Morgan fingerprint density at radius 1 is 1.26 bits per heavy atom. The molecule has 0 heterocycles. The van der Waals surface area contributed by atoms with Gasteiger partial charge in [0, 0.05) is 0 Å². The smallest absolute Gasteiger partial charge is 0.238 e. The number of halogens is 1. The van der Waals surface area contributed by atoms with Crippen LogP contribution in [-0.4, -0.2) is 27.8 Å². The second kappa shape index (κ2) is 9.54. The third-order valence-corrected chi connectivity index (χ3v) is 4.79. The number of hydrogen-bond donors (Lipinski definition) is 2. The predicted octanol–water partition coefficient (Wildman–Crippen LogP) is 3.51. The Kier molecular flexibility index (Phi) is 7.40. The number of nitrogens with two attached hydrogens (primary N) is 1. The molecule has 0 saturated carbocycles. The van der Waals surface area contributed by atoms with E-state index < -0.39 is 10.0 Å². The molecule has 7 nitrogen and oxygen atoms in total. The van der Waals surface area contributed by atoms with Crippen LogP contribution in [0.1, 0.15) is 12.5 Å². The predicted molar refractivity (Wildman–Crippen MR) is 110 cm³/mol. The summed E-state index contributed by atoms with van der Waals surface area (Å²) in [5.41, 5.74) is 4.23. The Balaban J connectivity index is 2.15. The molecule has 0 radical (unpaired) electrons. The van der Waals surface area contributed by atoms with Crippen LogP contribution in [0.25, 0.3) is 0 Å². The fraction of sp³-hybridized carbons (Fsp3) is 0.167. The largest absolute Gasteiger partial charge is 0.490 e. The summed E-state index contributed by atoms with van der Waals surface area (Å²) in [6, 6.07) is 9.61. The molecule has 0 bridgehead atoms. The van der Waals surface area contributed by atoms with Gasteiger partial charge < -0.3 is 9.47 Å². The van der Waals surface area contributed by atoms with Crippen molar-refractivity contribution in [2.24, 2.45) is 10.2 Å². The van der Waals surface area contributed by atoms with E-state index in [9.17, 15) is 8.42 Å². The number of primary sulfonamides is 1. The van der Waals surface area contributed by atoms with Crippen LogP contribution in [0.2, 0.25) is 0 Å². The van der Waals surface area contributed by atoms with E-state index in [1.165, 1.54) is 12.1 Å². The van der Waals surface area contributed by atoms with Gasteiger partial charge in [-0.05, 0) is 64.8 Å². The van der Waals surface area contributed by atoms with E-state index in [1.807, 2.05) is 19.1 Å². The number of hydrogen-bond acceptors (Lipinski definition) is 6. The SMILES string of the molecule is C=CCOc1c(Br)cc(/C=N/Nc2ccc(S(N)(=O)=O)cc2)cc1OCC. The van der Waals surface area contributed by atoms with Crippen LogP contribution in [0.5, 0.6) is 11.5 Å². The highest BCUT2D eigenvalue weighted by Crippen LogP contribution is 2.36. The van der Waals surface area contributed by atoms with Crippen molar-refractivity contribution in [3.63, 3.8) is 0 Å². The number of hydrazone groups is 1. The van der Waals surface area contributed by atoms with Crippen molar-refractivity contribution < 1.29 is 17.9 Å². The van der Waals surface area contributed by atoms with Crippen molar-refractivity contribution in [1.29, 1.82) is 0 Å². The molecule has 0 aromatic heterocycles. The van der Waals surface area contributed by atoms with Crippen LogP contribution >= 0.6 is 15.9 Å². The molecule has 144 valence electrons. The molecule has 2 aromatic rings. The van der Waals surface area contributed by atoms with Gasteiger partial charge in [-0.2, -0.15) is 5.10 Å². The van der Waals surface area contributed by atoms with Gasteiger partial charge >= 0.3 is 0 Å². The quantitative estimate of drug-likeness (QED) is 0.343. The Morgan fingerprint density at radius 2 is 1.96 bits per heavy atom. The first-order valence-corrected chi connectivity index (χ1v) is 10.3. The Bertz CT molecular complexity index is 928. The molecular weight excluding hydrogens is 434 g/mol. The third-order valence-electron chi connectivity index (χ3n) is 3.27. The summed E-state index contributed by atoms with van der Waals surface area (Å²) in [6.07, 6.45) is 3.26. The molecule has 0 aliphatic carbocycles. The molecule has 0 atom stereocenters. The summed E-state index contributed by atoms with van der Waals surface area (Å²) < 4.78 is 34.5. The summed E-state index contributed by atoms with van der Waals surface area (Å²) in [6.45, 7) is 6.38. The van der Waals surface area contributed by atoms with Crippen LogP contribution in [0.4, 0.5) is 5.69 Å². The van der Waals surface area contributed by atoms with E-state index in [0.29, 0.717) is 30.4 Å². The molecule has 0 saturated heterocycles. The lowest BCUT2D eigenvalue weighted by Crippen LogP contribution is -2.11. The zero-order valence-corrected chi connectivity index (χ0v) is 17.1. The van der Waals surface area contributed by atoms with Crippen LogP contribution in [0, 0.1) is 0 Å². The number of nitrogens with zero attached hydrogens (tertiary/aromatic N) is 1. The van der Waals surface area contributed by atoms with Crippen LogP contribution in [0.15, 0.2) is 63.5 Å². The molecule has 3 N–H and O–H groups in total. The maximum Gasteiger partial charge on any atom is 0.238 e. The van der Waals surface area contributed by atoms with Crippen LogP contribution in [0.3, 0.4) is 0 Å². The Morgan fingerprint density at radius 3 is 2.56 bits per heavy atom. The van der Waals surface area contributed by atoms with E-state index in [1.54, 1.807) is 24.4 Å². The Hall–Kier alpha value is -2.36. The van der Waals surface area contributed by atoms with Crippen LogP contribution in [-0.2, 0) is 10.0 Å². The fourth-order valence-corrected chi connectivity index (χ4v) is 3.20. The zero-order chi connectivity index (χ0) is 19.9. The van der Waals surface area contributed by atoms with E-state index in [0.717, 1.165) is 10.0 Å². The lowest BCUT2D eigenvalue weighted by molar-refractivity contribution is 0.295. The number of ether oxygens (including phenoxy) is 2. The van der Waals surface area contributed by atoms with Crippen molar-refractivity contribution in [2.45, 2.75) is 11.8 Å². The molecule has 27 heavy (non-hydrogen) atoms. The second-order valence-corrected chi connectivity index (χ2v) is 7.72. The normalized spacial score (nSPS) is 11.4. The molecule has 0 unspecified atom stereocenters. The van der Waals surface area contributed by atoms with E-state index in [2.05, 4.69) is 33.0 Å². The minimum Gasteiger partial charge on any atom is -0.490 e. The number of anilines is 1. The van der Waals surface area contributed by atoms with Gasteiger partial charge in [-0.15, -0.1) is 0 Å². The molecular formula is C18H20BrN3O4S. The summed E-state index contributed by atoms with van der Waals surface area (Å²) in [5, 5.41) is 9.22. The maximum atomic E-state index is 11.2. The number of rotatable bonds is 9. The zero-order valence-electron chi connectivity index (χ0n) is 14.7. The molecule has 0 aliphatic heterocycles. The van der Waals surface area contributed by atoms with Gasteiger partial charge in [-0.25, -0.2) is 13.6 Å². The average Bonchev–Trinajstić information content (AvgIpc) is 2.61. The van der Waals surface area contributed by atoms with Crippen molar-refractivity contribution in [3.8, 4) is 11.5 Å². The van der Waals surface area contributed by atoms with E-state index in [-0.39, 0.29) is 4.90 Å². The molecule has 0 aliphatic rings. The van der Waals surface area contributed by atoms with Crippen LogP contribution < -0.4 is 20.0 Å². The average molecular weight is 454 g/mol. The van der Waals surface area contributed by atoms with Crippen molar-refractivity contribution in [2.75, 3.05) is 18.6 Å². The Labute approximate surface area is 167 Å². The summed E-state index contributed by atoms with van der Waals surface area (Å²) >= 11 is 3.47. The highest BCUT2D eigenvalue weighted by Gasteiger charge is 2.11. The summed E-state index contributed by atoms with van der Waals surface area (Å²) in [7, 11) is -3.71. The first-order valence-electron chi connectivity index (χ1n) is 7.97.